The number of alkyl halides is 3. The van der Waals surface area contributed by atoms with Gasteiger partial charge in [0.2, 0.25) is 5.69 Å². The molecule has 156 valence electrons. The second-order valence-corrected chi connectivity index (χ2v) is 6.73. The molecule has 8 nitrogen and oxygen atoms in total. The highest BCUT2D eigenvalue weighted by molar-refractivity contribution is 6.32. The topological polar surface area (TPSA) is 103 Å². The molecule has 0 bridgehead atoms. The van der Waals surface area contributed by atoms with E-state index in [0.29, 0.717) is 23.3 Å². The number of ether oxygens (including phenoxy) is 3. The van der Waals surface area contributed by atoms with E-state index in [1.54, 1.807) is 0 Å². The Labute approximate surface area is 167 Å². The number of esters is 2. The number of aromatic nitrogens is 3. The first-order chi connectivity index (χ1) is 13.7. The Balaban J connectivity index is 1.69. The second-order valence-electron chi connectivity index (χ2n) is 6.32. The number of hydrogen-bond acceptors (Lipinski definition) is 7. The summed E-state index contributed by atoms with van der Waals surface area (Å²) >= 11 is 6.11. The zero-order valence-electron chi connectivity index (χ0n) is 14.8. The van der Waals surface area contributed by atoms with E-state index < -0.39 is 29.7 Å². The standard InChI is InChI=1S/C17H15ClF3N3O5/c18-11-6-5-10(7-12(11)27-8-9-3-1-2-4-9)28-14-13(22-24-23-14)15(25)29-16(26)17(19,20)21/h5-7,9H,1-4,8H2,(H,22,23,24). The number of aromatic amines is 1. The Morgan fingerprint density at radius 2 is 1.97 bits per heavy atom. The molecule has 1 aliphatic carbocycles. The highest BCUT2D eigenvalue weighted by Crippen LogP contribution is 2.33. The minimum Gasteiger partial charge on any atom is -0.492 e. The van der Waals surface area contributed by atoms with Gasteiger partial charge < -0.3 is 14.2 Å². The van der Waals surface area contributed by atoms with Crippen molar-refractivity contribution in [1.82, 2.24) is 15.4 Å². The van der Waals surface area contributed by atoms with Crippen molar-refractivity contribution in [2.24, 2.45) is 5.92 Å². The van der Waals surface area contributed by atoms with Crippen molar-refractivity contribution in [3.05, 3.63) is 28.9 Å². The average molecular weight is 434 g/mol. The van der Waals surface area contributed by atoms with Crippen molar-refractivity contribution < 1.29 is 37.0 Å². The summed E-state index contributed by atoms with van der Waals surface area (Å²) in [6, 6.07) is 4.38. The lowest BCUT2D eigenvalue weighted by Gasteiger charge is -2.13. The van der Waals surface area contributed by atoms with E-state index in [9.17, 15) is 22.8 Å². The van der Waals surface area contributed by atoms with Crippen LogP contribution in [-0.2, 0) is 9.53 Å². The summed E-state index contributed by atoms with van der Waals surface area (Å²) in [7, 11) is 0. The van der Waals surface area contributed by atoms with E-state index in [1.807, 2.05) is 5.10 Å². The zero-order chi connectivity index (χ0) is 21.0. The molecule has 0 unspecified atom stereocenters. The highest BCUT2D eigenvalue weighted by Gasteiger charge is 2.43. The smallest absolute Gasteiger partial charge is 0.491 e. The van der Waals surface area contributed by atoms with Gasteiger partial charge in [-0.2, -0.15) is 13.2 Å². The summed E-state index contributed by atoms with van der Waals surface area (Å²) in [5.41, 5.74) is -0.661. The highest BCUT2D eigenvalue weighted by atomic mass is 35.5. The Morgan fingerprint density at radius 3 is 2.66 bits per heavy atom. The fraction of sp³-hybridized carbons (Fsp3) is 0.412. The molecule has 0 saturated heterocycles. The number of hydrogen-bond donors (Lipinski definition) is 1. The minimum atomic E-state index is -5.33. The van der Waals surface area contributed by atoms with Gasteiger partial charge in [0.1, 0.15) is 11.5 Å². The first-order valence-corrected chi connectivity index (χ1v) is 8.96. The van der Waals surface area contributed by atoms with Crippen LogP contribution >= 0.6 is 11.6 Å². The molecule has 1 fully saturated rings. The first-order valence-electron chi connectivity index (χ1n) is 8.58. The summed E-state index contributed by atoms with van der Waals surface area (Å²) in [6.07, 6.45) is -0.852. The van der Waals surface area contributed by atoms with E-state index in [-0.39, 0.29) is 5.75 Å². The maximum atomic E-state index is 12.2. The van der Waals surface area contributed by atoms with Crippen LogP contribution < -0.4 is 9.47 Å². The first kappa shape index (κ1) is 20.9. The van der Waals surface area contributed by atoms with Crippen LogP contribution in [0.2, 0.25) is 5.02 Å². The van der Waals surface area contributed by atoms with Crippen LogP contribution in [0, 0.1) is 5.92 Å². The summed E-state index contributed by atoms with van der Waals surface area (Å²) in [5.74, 6) is -3.86. The fourth-order valence-corrected chi connectivity index (χ4v) is 2.94. The second kappa shape index (κ2) is 8.68. The largest absolute Gasteiger partial charge is 0.492 e. The Kier molecular flexibility index (Phi) is 6.26. The van der Waals surface area contributed by atoms with Crippen LogP contribution in [0.1, 0.15) is 36.2 Å². The number of carbonyl (C=O) groups excluding carboxylic acids is 2. The third kappa shape index (κ3) is 5.37. The van der Waals surface area contributed by atoms with Crippen LogP contribution in [0.5, 0.6) is 17.4 Å². The lowest BCUT2D eigenvalue weighted by molar-refractivity contribution is -0.193. The number of nitrogens with zero attached hydrogens (tertiary/aromatic N) is 2. The summed E-state index contributed by atoms with van der Waals surface area (Å²) in [5, 5.41) is 9.13. The maximum Gasteiger partial charge on any atom is 0.491 e. The van der Waals surface area contributed by atoms with Gasteiger partial charge in [-0.1, -0.05) is 34.8 Å². The molecule has 0 atom stereocenters. The molecule has 1 aliphatic rings. The number of rotatable bonds is 6. The van der Waals surface area contributed by atoms with Crippen molar-refractivity contribution in [2.45, 2.75) is 31.9 Å². The molecule has 0 amide bonds. The molecule has 1 saturated carbocycles. The van der Waals surface area contributed by atoms with E-state index >= 15 is 0 Å². The molecule has 29 heavy (non-hydrogen) atoms. The molecule has 1 heterocycles. The monoisotopic (exact) mass is 433 g/mol. The van der Waals surface area contributed by atoms with Crippen molar-refractivity contribution in [2.75, 3.05) is 6.61 Å². The molecule has 1 aromatic carbocycles. The van der Waals surface area contributed by atoms with Gasteiger partial charge in [-0.3, -0.25) is 0 Å². The molecule has 0 aliphatic heterocycles. The molecule has 0 radical (unpaired) electrons. The van der Waals surface area contributed by atoms with Gasteiger partial charge in [-0.25, -0.2) is 14.7 Å². The van der Waals surface area contributed by atoms with Crippen molar-refractivity contribution in [1.29, 1.82) is 0 Å². The lowest BCUT2D eigenvalue weighted by atomic mass is 10.1. The molecule has 12 heteroatoms. The lowest BCUT2D eigenvalue weighted by Crippen LogP contribution is -2.28. The van der Waals surface area contributed by atoms with Crippen molar-refractivity contribution in [3.8, 4) is 17.4 Å². The maximum absolute atomic E-state index is 12.2. The number of carbonyl (C=O) groups is 2. The predicted molar refractivity (Wildman–Crippen MR) is 91.8 cm³/mol. The SMILES string of the molecule is O=C(OC(=O)C(F)(F)F)c1[nH]nnc1Oc1ccc(Cl)c(OCC2CCCC2)c1. The van der Waals surface area contributed by atoms with Crippen LogP contribution in [0.3, 0.4) is 0 Å². The van der Waals surface area contributed by atoms with E-state index in [2.05, 4.69) is 15.0 Å². The molecule has 2 aromatic rings. The molecule has 0 spiro atoms. The third-order valence-corrected chi connectivity index (χ3v) is 4.52. The van der Waals surface area contributed by atoms with Gasteiger partial charge in [0.25, 0.3) is 5.88 Å². The average Bonchev–Trinajstić information content (AvgIpc) is 3.33. The predicted octanol–water partition coefficient (Wildman–Crippen LogP) is 4.07. The Morgan fingerprint density at radius 1 is 1.24 bits per heavy atom. The number of benzene rings is 1. The van der Waals surface area contributed by atoms with Gasteiger partial charge in [-0.15, -0.1) is 0 Å². The van der Waals surface area contributed by atoms with Crippen molar-refractivity contribution in [3.63, 3.8) is 0 Å². The number of H-pyrrole nitrogens is 1. The van der Waals surface area contributed by atoms with Crippen LogP contribution in [0.15, 0.2) is 18.2 Å². The molecule has 1 N–H and O–H groups in total. The molecule has 1 aromatic heterocycles. The Bertz CT molecular complexity index is 897. The number of halogens is 4. The van der Waals surface area contributed by atoms with Gasteiger partial charge >= 0.3 is 18.1 Å². The quantitative estimate of drug-likeness (QED) is 0.541. The molecular weight excluding hydrogens is 419 g/mol. The number of nitrogens with one attached hydrogen (secondary N) is 1. The van der Waals surface area contributed by atoms with Gasteiger partial charge in [0.15, 0.2) is 0 Å². The minimum absolute atomic E-state index is 0.140. The van der Waals surface area contributed by atoms with E-state index in [1.165, 1.54) is 18.2 Å². The Hall–Kier alpha value is -2.82. The van der Waals surface area contributed by atoms with E-state index in [0.717, 1.165) is 25.7 Å². The third-order valence-electron chi connectivity index (χ3n) is 4.20. The van der Waals surface area contributed by atoms with Gasteiger partial charge in [0.05, 0.1) is 11.6 Å². The zero-order valence-corrected chi connectivity index (χ0v) is 15.5. The van der Waals surface area contributed by atoms with Gasteiger partial charge in [0, 0.05) is 6.07 Å². The van der Waals surface area contributed by atoms with Crippen molar-refractivity contribution >= 4 is 23.5 Å². The molecular formula is C17H15ClF3N3O5. The summed E-state index contributed by atoms with van der Waals surface area (Å²) < 4.78 is 51.6. The summed E-state index contributed by atoms with van der Waals surface area (Å²) in [4.78, 5) is 22.6. The fourth-order valence-electron chi connectivity index (χ4n) is 2.77. The summed E-state index contributed by atoms with van der Waals surface area (Å²) in [6.45, 7) is 0.490. The molecule has 3 rings (SSSR count). The van der Waals surface area contributed by atoms with Crippen LogP contribution in [0.25, 0.3) is 0 Å². The normalized spacial score (nSPS) is 14.6. The van der Waals surface area contributed by atoms with Crippen LogP contribution in [0.4, 0.5) is 13.2 Å². The van der Waals surface area contributed by atoms with Crippen LogP contribution in [-0.4, -0.2) is 40.1 Å². The van der Waals surface area contributed by atoms with E-state index in [4.69, 9.17) is 21.1 Å². The van der Waals surface area contributed by atoms with Gasteiger partial charge in [-0.05, 0) is 30.9 Å².